The first-order chi connectivity index (χ1) is 11.5. The van der Waals surface area contributed by atoms with Gasteiger partial charge in [0, 0.05) is 18.5 Å². The van der Waals surface area contributed by atoms with Crippen molar-refractivity contribution < 1.29 is 8.42 Å². The van der Waals surface area contributed by atoms with Crippen molar-refractivity contribution in [1.29, 1.82) is 0 Å². The Labute approximate surface area is 149 Å². The summed E-state index contributed by atoms with van der Waals surface area (Å²) < 4.78 is 22.7. The molecule has 1 aromatic heterocycles. The summed E-state index contributed by atoms with van der Waals surface area (Å²) in [6, 6.07) is 3.31. The maximum absolute atomic E-state index is 11.3. The van der Waals surface area contributed by atoms with Gasteiger partial charge in [0.05, 0.1) is 6.54 Å². The van der Waals surface area contributed by atoms with E-state index in [1.165, 1.54) is 55.9 Å². The number of nitrogens with one attached hydrogen (secondary N) is 2. The maximum Gasteiger partial charge on any atom is 0.247 e. The van der Waals surface area contributed by atoms with Crippen LogP contribution in [0.5, 0.6) is 0 Å². The number of hydrogen-bond acceptors (Lipinski definition) is 4. The van der Waals surface area contributed by atoms with E-state index in [4.69, 9.17) is 5.14 Å². The third-order valence-corrected chi connectivity index (χ3v) is 6.90. The second-order valence-corrected chi connectivity index (χ2v) is 9.22. The first-order valence-corrected chi connectivity index (χ1v) is 10.9. The van der Waals surface area contributed by atoms with Crippen molar-refractivity contribution in [1.82, 2.24) is 10.6 Å². The number of sulfonamides is 1. The summed E-state index contributed by atoms with van der Waals surface area (Å²) in [7, 11) is -1.87. The molecule has 0 saturated heterocycles. The lowest BCUT2D eigenvalue weighted by atomic mass is 9.86. The zero-order chi connectivity index (χ0) is 17.4. The Morgan fingerprint density at radius 2 is 2.04 bits per heavy atom. The highest BCUT2D eigenvalue weighted by Gasteiger charge is 2.13. The summed E-state index contributed by atoms with van der Waals surface area (Å²) in [4.78, 5) is 5.11. The third-order valence-electron chi connectivity index (χ3n) is 4.38. The van der Waals surface area contributed by atoms with Crippen molar-refractivity contribution >= 4 is 27.3 Å². The van der Waals surface area contributed by atoms with E-state index in [0.717, 1.165) is 29.7 Å². The molecule has 6 nitrogen and oxygen atoms in total. The second-order valence-electron chi connectivity index (χ2n) is 6.26. The van der Waals surface area contributed by atoms with Gasteiger partial charge in [-0.1, -0.05) is 32.1 Å². The van der Waals surface area contributed by atoms with Crippen molar-refractivity contribution in [3.8, 4) is 0 Å². The fourth-order valence-electron chi connectivity index (χ4n) is 3.07. The van der Waals surface area contributed by atoms with Crippen molar-refractivity contribution in [3.05, 3.63) is 17.0 Å². The lowest BCUT2D eigenvalue weighted by molar-refractivity contribution is 0.332. The van der Waals surface area contributed by atoms with Gasteiger partial charge < -0.3 is 10.6 Å². The molecule has 0 unspecified atom stereocenters. The highest BCUT2D eigenvalue weighted by atomic mass is 32.2. The van der Waals surface area contributed by atoms with Gasteiger partial charge in [-0.3, -0.25) is 4.99 Å². The van der Waals surface area contributed by atoms with Crippen LogP contribution in [0.2, 0.25) is 0 Å². The van der Waals surface area contributed by atoms with Crippen LogP contribution in [0.25, 0.3) is 0 Å². The van der Waals surface area contributed by atoms with Gasteiger partial charge in [0.2, 0.25) is 10.0 Å². The minimum atomic E-state index is -3.61. The molecule has 1 fully saturated rings. The van der Waals surface area contributed by atoms with Crippen molar-refractivity contribution in [2.45, 2.75) is 55.7 Å². The fourth-order valence-corrected chi connectivity index (χ4v) is 4.79. The van der Waals surface area contributed by atoms with Crippen LogP contribution in [-0.2, 0) is 16.6 Å². The Morgan fingerprint density at radius 1 is 1.29 bits per heavy atom. The van der Waals surface area contributed by atoms with Gasteiger partial charge in [-0.15, -0.1) is 11.3 Å². The maximum atomic E-state index is 11.3. The minimum Gasteiger partial charge on any atom is -0.356 e. The van der Waals surface area contributed by atoms with Crippen molar-refractivity contribution in [2.24, 2.45) is 16.0 Å². The van der Waals surface area contributed by atoms with E-state index in [9.17, 15) is 8.42 Å². The lowest BCUT2D eigenvalue weighted by Gasteiger charge is -2.21. The highest BCUT2D eigenvalue weighted by Crippen LogP contribution is 2.26. The molecule has 1 aliphatic carbocycles. The molecular formula is C16H28N4O2S2. The smallest absolute Gasteiger partial charge is 0.247 e. The van der Waals surface area contributed by atoms with Crippen LogP contribution in [0.4, 0.5) is 0 Å². The van der Waals surface area contributed by atoms with Crippen molar-refractivity contribution in [3.63, 3.8) is 0 Å². The molecule has 0 spiro atoms. The molecule has 4 N–H and O–H groups in total. The van der Waals surface area contributed by atoms with E-state index >= 15 is 0 Å². The molecule has 8 heteroatoms. The van der Waals surface area contributed by atoms with Gasteiger partial charge in [-0.2, -0.15) is 0 Å². The molecule has 0 atom stereocenters. The summed E-state index contributed by atoms with van der Waals surface area (Å²) in [6.07, 6.45) is 9.40. The summed E-state index contributed by atoms with van der Waals surface area (Å²) in [5, 5.41) is 11.6. The quantitative estimate of drug-likeness (QED) is 0.389. The fraction of sp³-hybridized carbons (Fsp3) is 0.688. The van der Waals surface area contributed by atoms with Gasteiger partial charge >= 0.3 is 0 Å². The number of primary sulfonamides is 1. The Bertz CT molecular complexity index is 634. The normalized spacial score (nSPS) is 17.0. The number of thiophene rings is 1. The molecular weight excluding hydrogens is 344 g/mol. The van der Waals surface area contributed by atoms with Gasteiger partial charge in [0.25, 0.3) is 0 Å². The average molecular weight is 373 g/mol. The predicted octanol–water partition coefficient (Wildman–Crippen LogP) is 2.42. The molecule has 2 rings (SSSR count). The molecule has 0 bridgehead atoms. The van der Waals surface area contributed by atoms with Crippen LogP contribution in [-0.4, -0.2) is 28.0 Å². The predicted molar refractivity (Wildman–Crippen MR) is 99.7 cm³/mol. The van der Waals surface area contributed by atoms with Gasteiger partial charge in [-0.25, -0.2) is 13.6 Å². The Kier molecular flexibility index (Phi) is 7.51. The minimum absolute atomic E-state index is 0.190. The second kappa shape index (κ2) is 9.39. The van der Waals surface area contributed by atoms with Crippen LogP contribution in [0.15, 0.2) is 21.3 Å². The number of rotatable bonds is 7. The first-order valence-electron chi connectivity index (χ1n) is 8.55. The van der Waals surface area contributed by atoms with Crippen LogP contribution in [0, 0.1) is 5.92 Å². The average Bonchev–Trinajstić information content (AvgIpc) is 3.04. The summed E-state index contributed by atoms with van der Waals surface area (Å²) >= 11 is 1.18. The molecule has 0 amide bonds. The molecule has 0 aliphatic heterocycles. The first kappa shape index (κ1) is 19.2. The highest BCUT2D eigenvalue weighted by molar-refractivity contribution is 7.91. The lowest BCUT2D eigenvalue weighted by Crippen LogP contribution is -2.37. The van der Waals surface area contributed by atoms with Crippen molar-refractivity contribution in [2.75, 3.05) is 13.6 Å². The Hall–Kier alpha value is -1.12. The van der Waals surface area contributed by atoms with Gasteiger partial charge in [0.15, 0.2) is 5.96 Å². The number of hydrogen-bond donors (Lipinski definition) is 3. The van der Waals surface area contributed by atoms with E-state index in [1.54, 1.807) is 13.1 Å². The summed E-state index contributed by atoms with van der Waals surface area (Å²) in [6.45, 7) is 1.44. The zero-order valence-electron chi connectivity index (χ0n) is 14.3. The number of nitrogens with zero attached hydrogens (tertiary/aromatic N) is 1. The van der Waals surface area contributed by atoms with Crippen LogP contribution >= 0.6 is 11.3 Å². The van der Waals surface area contributed by atoms with E-state index in [2.05, 4.69) is 15.6 Å². The van der Waals surface area contributed by atoms with Crippen LogP contribution in [0.1, 0.15) is 49.8 Å². The molecule has 1 aromatic rings. The summed E-state index contributed by atoms with van der Waals surface area (Å²) in [5.41, 5.74) is 0. The van der Waals surface area contributed by atoms with Crippen LogP contribution < -0.4 is 15.8 Å². The molecule has 0 aromatic carbocycles. The van der Waals surface area contributed by atoms with E-state index < -0.39 is 10.0 Å². The molecule has 24 heavy (non-hydrogen) atoms. The third kappa shape index (κ3) is 6.41. The Morgan fingerprint density at radius 3 is 2.67 bits per heavy atom. The molecule has 136 valence electrons. The SMILES string of the molecule is CN=C(NCCCC1CCCCC1)NCc1ccc(S(N)(=O)=O)s1. The standard InChI is InChI=1S/C16H28N4O2S2/c1-18-16(19-11-5-8-13-6-3-2-4-7-13)20-12-14-9-10-15(23-14)24(17,21)22/h9-10,13H,2-8,11-12H2,1H3,(H2,17,21,22)(H2,18,19,20). The molecule has 1 heterocycles. The topological polar surface area (TPSA) is 96.6 Å². The van der Waals surface area contributed by atoms with Gasteiger partial charge in [0.1, 0.15) is 4.21 Å². The van der Waals surface area contributed by atoms with E-state index in [0.29, 0.717) is 6.54 Å². The Balaban J connectivity index is 1.67. The monoisotopic (exact) mass is 372 g/mol. The number of guanidine groups is 1. The number of aliphatic imine (C=N–C) groups is 1. The van der Waals surface area contributed by atoms with E-state index in [-0.39, 0.29) is 4.21 Å². The van der Waals surface area contributed by atoms with E-state index in [1.807, 2.05) is 0 Å². The zero-order valence-corrected chi connectivity index (χ0v) is 15.9. The molecule has 1 aliphatic rings. The van der Waals surface area contributed by atoms with Crippen LogP contribution in [0.3, 0.4) is 0 Å². The molecule has 1 saturated carbocycles. The molecule has 0 radical (unpaired) electrons. The summed E-state index contributed by atoms with van der Waals surface area (Å²) in [5.74, 6) is 1.64. The number of nitrogens with two attached hydrogens (primary N) is 1. The largest absolute Gasteiger partial charge is 0.356 e. The van der Waals surface area contributed by atoms with Gasteiger partial charge in [-0.05, 0) is 30.9 Å².